The summed E-state index contributed by atoms with van der Waals surface area (Å²) < 4.78 is 6.91. The van der Waals surface area contributed by atoms with Gasteiger partial charge in [0.25, 0.3) is 0 Å². The van der Waals surface area contributed by atoms with Crippen LogP contribution in [0.2, 0.25) is 0 Å². The molecule has 0 N–H and O–H groups in total. The number of carbonyl (C=O) groups excluding carboxylic acids is 2. The Balaban J connectivity index is 2.00. The summed E-state index contributed by atoms with van der Waals surface area (Å²) in [5.41, 5.74) is 0.702. The third-order valence-corrected chi connectivity index (χ3v) is 3.59. The third kappa shape index (κ3) is 2.79. The average molecular weight is 279 g/mol. The van der Waals surface area contributed by atoms with Crippen molar-refractivity contribution in [3.63, 3.8) is 0 Å². The molecule has 0 spiro atoms. The van der Waals surface area contributed by atoms with Crippen LogP contribution in [0.15, 0.2) is 12.1 Å². The van der Waals surface area contributed by atoms with E-state index in [1.54, 1.807) is 18.7 Å². The lowest BCUT2D eigenvalue weighted by Gasteiger charge is -2.35. The lowest BCUT2D eigenvalue weighted by atomic mass is 10.3. The van der Waals surface area contributed by atoms with Gasteiger partial charge in [-0.25, -0.2) is 4.79 Å². The van der Waals surface area contributed by atoms with E-state index in [2.05, 4.69) is 4.90 Å². The van der Waals surface area contributed by atoms with Crippen LogP contribution >= 0.6 is 0 Å². The second kappa shape index (κ2) is 5.98. The lowest BCUT2D eigenvalue weighted by molar-refractivity contribution is 0.101. The number of carbonyl (C=O) groups is 2. The maximum atomic E-state index is 11.6. The van der Waals surface area contributed by atoms with Crippen molar-refractivity contribution in [3.05, 3.63) is 17.8 Å². The molecule has 0 aliphatic carbocycles. The fraction of sp³-hybridized carbons (Fsp3) is 0.571. The smallest absolute Gasteiger partial charge is 0.409 e. The van der Waals surface area contributed by atoms with E-state index < -0.39 is 0 Å². The lowest BCUT2D eigenvalue weighted by Crippen LogP contribution is -2.49. The van der Waals surface area contributed by atoms with E-state index >= 15 is 0 Å². The van der Waals surface area contributed by atoms with Gasteiger partial charge in [-0.1, -0.05) is 0 Å². The summed E-state index contributed by atoms with van der Waals surface area (Å²) >= 11 is 0. The number of anilines is 1. The van der Waals surface area contributed by atoms with Gasteiger partial charge in [0.2, 0.25) is 0 Å². The number of piperazine rings is 1. The summed E-state index contributed by atoms with van der Waals surface area (Å²) in [7, 11) is 1.89. The van der Waals surface area contributed by atoms with E-state index in [9.17, 15) is 9.59 Å². The molecule has 1 aromatic heterocycles. The van der Waals surface area contributed by atoms with Crippen molar-refractivity contribution in [2.75, 3.05) is 37.7 Å². The Morgan fingerprint density at radius 3 is 2.35 bits per heavy atom. The highest BCUT2D eigenvalue weighted by Crippen LogP contribution is 2.20. The zero-order valence-electron chi connectivity index (χ0n) is 12.3. The van der Waals surface area contributed by atoms with Crippen LogP contribution in [0.5, 0.6) is 0 Å². The number of rotatable bonds is 3. The van der Waals surface area contributed by atoms with Gasteiger partial charge in [-0.05, 0) is 19.1 Å². The number of hydrogen-bond acceptors (Lipinski definition) is 4. The molecule has 110 valence electrons. The van der Waals surface area contributed by atoms with Crippen molar-refractivity contribution in [1.82, 2.24) is 9.47 Å². The molecule has 0 unspecified atom stereocenters. The molecule has 1 amide bonds. The molecule has 6 nitrogen and oxygen atoms in total. The molecular formula is C14H21N3O3. The SMILES string of the molecule is CCOC(=O)N1CCN(c2ccc(C(C)=O)n2C)CC1. The Bertz CT molecular complexity index is 502. The molecule has 1 aliphatic rings. The van der Waals surface area contributed by atoms with Gasteiger partial charge in [-0.3, -0.25) is 4.79 Å². The predicted octanol–water partition coefficient (Wildman–Crippen LogP) is 1.51. The second-order valence-electron chi connectivity index (χ2n) is 4.86. The van der Waals surface area contributed by atoms with Gasteiger partial charge in [0, 0.05) is 40.2 Å². The van der Waals surface area contributed by atoms with Crippen LogP contribution in [-0.2, 0) is 11.8 Å². The minimum absolute atomic E-state index is 0.0592. The molecule has 0 radical (unpaired) electrons. The molecule has 1 aromatic rings. The van der Waals surface area contributed by atoms with E-state index in [0.29, 0.717) is 25.4 Å². The van der Waals surface area contributed by atoms with E-state index in [0.717, 1.165) is 18.9 Å². The molecule has 0 aromatic carbocycles. The monoisotopic (exact) mass is 279 g/mol. The third-order valence-electron chi connectivity index (χ3n) is 3.59. The van der Waals surface area contributed by atoms with Gasteiger partial charge in [0.05, 0.1) is 12.3 Å². The summed E-state index contributed by atoms with van der Waals surface area (Å²) in [4.78, 5) is 27.0. The van der Waals surface area contributed by atoms with Crippen LogP contribution in [-0.4, -0.2) is 54.1 Å². The van der Waals surface area contributed by atoms with Gasteiger partial charge in [-0.15, -0.1) is 0 Å². The number of Topliss-reactive ketones (excluding diaryl/α,β-unsaturated/α-hetero) is 1. The number of ketones is 1. The molecule has 1 saturated heterocycles. The molecule has 2 rings (SSSR count). The van der Waals surface area contributed by atoms with Crippen LogP contribution in [0.3, 0.4) is 0 Å². The topological polar surface area (TPSA) is 54.8 Å². The van der Waals surface area contributed by atoms with E-state index in [1.165, 1.54) is 0 Å². The number of ether oxygens (including phenoxy) is 1. The second-order valence-corrected chi connectivity index (χ2v) is 4.86. The van der Waals surface area contributed by atoms with E-state index in [1.807, 2.05) is 23.7 Å². The van der Waals surface area contributed by atoms with Crippen LogP contribution < -0.4 is 4.90 Å². The number of hydrogen-bond donors (Lipinski definition) is 0. The summed E-state index contributed by atoms with van der Waals surface area (Å²) in [5.74, 6) is 1.07. The molecule has 0 saturated carbocycles. The first-order valence-electron chi connectivity index (χ1n) is 6.88. The van der Waals surface area contributed by atoms with Crippen LogP contribution in [0.1, 0.15) is 24.3 Å². The largest absolute Gasteiger partial charge is 0.450 e. The molecule has 6 heteroatoms. The van der Waals surface area contributed by atoms with Crippen molar-refractivity contribution in [2.45, 2.75) is 13.8 Å². The summed E-state index contributed by atoms with van der Waals surface area (Å²) in [6.07, 6.45) is -0.247. The van der Waals surface area contributed by atoms with Gasteiger partial charge in [0.1, 0.15) is 5.82 Å². The first kappa shape index (κ1) is 14.4. The maximum Gasteiger partial charge on any atom is 0.409 e. The summed E-state index contributed by atoms with van der Waals surface area (Å²) in [6.45, 7) is 6.54. The van der Waals surface area contributed by atoms with Gasteiger partial charge in [-0.2, -0.15) is 0 Å². The molecule has 1 aliphatic heterocycles. The molecule has 2 heterocycles. The van der Waals surface area contributed by atoms with E-state index in [-0.39, 0.29) is 11.9 Å². The molecule has 1 fully saturated rings. The number of aromatic nitrogens is 1. The van der Waals surface area contributed by atoms with Gasteiger partial charge < -0.3 is 19.1 Å². The van der Waals surface area contributed by atoms with Gasteiger partial charge in [0.15, 0.2) is 5.78 Å². The molecule has 20 heavy (non-hydrogen) atoms. The van der Waals surface area contributed by atoms with Crippen molar-refractivity contribution in [3.8, 4) is 0 Å². The van der Waals surface area contributed by atoms with Gasteiger partial charge >= 0.3 is 6.09 Å². The van der Waals surface area contributed by atoms with Crippen molar-refractivity contribution >= 4 is 17.7 Å². The predicted molar refractivity (Wildman–Crippen MR) is 76.2 cm³/mol. The number of amides is 1. The quantitative estimate of drug-likeness (QED) is 0.787. The standard InChI is InChI=1S/C14H21N3O3/c1-4-20-14(19)17-9-7-16(8-10-17)13-6-5-12(11(2)18)15(13)3/h5-6H,4,7-10H2,1-3H3. The van der Waals surface area contributed by atoms with Crippen molar-refractivity contribution in [2.24, 2.45) is 7.05 Å². The summed E-state index contributed by atoms with van der Waals surface area (Å²) in [6, 6.07) is 3.80. The Hall–Kier alpha value is -1.98. The zero-order valence-corrected chi connectivity index (χ0v) is 12.3. The zero-order chi connectivity index (χ0) is 14.7. The average Bonchev–Trinajstić information content (AvgIpc) is 2.81. The molecule has 0 atom stereocenters. The Labute approximate surface area is 118 Å². The maximum absolute atomic E-state index is 11.6. The fourth-order valence-corrected chi connectivity index (χ4v) is 2.50. The minimum Gasteiger partial charge on any atom is -0.450 e. The van der Waals surface area contributed by atoms with Crippen molar-refractivity contribution < 1.29 is 14.3 Å². The normalized spacial score (nSPS) is 15.3. The Morgan fingerprint density at radius 1 is 1.20 bits per heavy atom. The minimum atomic E-state index is -0.247. The highest BCUT2D eigenvalue weighted by atomic mass is 16.6. The van der Waals surface area contributed by atoms with Crippen LogP contribution in [0, 0.1) is 0 Å². The molecular weight excluding hydrogens is 258 g/mol. The first-order valence-corrected chi connectivity index (χ1v) is 6.88. The first-order chi connectivity index (χ1) is 9.54. The van der Waals surface area contributed by atoms with Crippen LogP contribution in [0.4, 0.5) is 10.6 Å². The van der Waals surface area contributed by atoms with E-state index in [4.69, 9.17) is 4.74 Å². The number of nitrogens with zero attached hydrogens (tertiary/aromatic N) is 3. The van der Waals surface area contributed by atoms with Crippen LogP contribution in [0.25, 0.3) is 0 Å². The molecule has 0 bridgehead atoms. The Morgan fingerprint density at radius 2 is 1.85 bits per heavy atom. The summed E-state index contributed by atoms with van der Waals surface area (Å²) in [5, 5.41) is 0. The highest BCUT2D eigenvalue weighted by Gasteiger charge is 2.23. The van der Waals surface area contributed by atoms with Crippen molar-refractivity contribution in [1.29, 1.82) is 0 Å². The Kier molecular flexibility index (Phi) is 4.32. The fourth-order valence-electron chi connectivity index (χ4n) is 2.50. The highest BCUT2D eigenvalue weighted by molar-refractivity contribution is 5.93.